The number of ether oxygens (including phenoxy) is 2. The van der Waals surface area contributed by atoms with E-state index in [0.29, 0.717) is 40.5 Å². The zero-order valence-corrected chi connectivity index (χ0v) is 20.3. The van der Waals surface area contributed by atoms with Crippen molar-refractivity contribution in [2.75, 3.05) is 19.5 Å². The average molecular weight is 465 g/mol. The lowest BCUT2D eigenvalue weighted by Gasteiger charge is -2.19. The molecule has 2 aromatic carbocycles. The van der Waals surface area contributed by atoms with Crippen LogP contribution in [-0.4, -0.2) is 39.1 Å². The quantitative estimate of drug-likeness (QED) is 0.310. The Balaban J connectivity index is 1.54. The fraction of sp³-hybridized carbons (Fsp3) is 0.320. The Labute approximate surface area is 197 Å². The maximum atomic E-state index is 12.0. The van der Waals surface area contributed by atoms with E-state index in [9.17, 15) is 4.79 Å². The van der Waals surface area contributed by atoms with Gasteiger partial charge in [0.25, 0.3) is 5.56 Å². The molecule has 0 amide bonds. The maximum Gasteiger partial charge on any atom is 0.266 e. The van der Waals surface area contributed by atoms with Crippen LogP contribution in [0.2, 0.25) is 0 Å². The molecule has 0 saturated heterocycles. The SMILES string of the molecule is COc1cc(C)ccc1OCCSc1nc(-c2ccc(C(C)(C)C)cc2)nc2cc(=O)[nH]n12. The van der Waals surface area contributed by atoms with Crippen LogP contribution in [0.25, 0.3) is 17.0 Å². The van der Waals surface area contributed by atoms with Gasteiger partial charge in [0.1, 0.15) is 0 Å². The zero-order valence-electron chi connectivity index (χ0n) is 19.5. The highest BCUT2D eigenvalue weighted by Gasteiger charge is 2.15. The van der Waals surface area contributed by atoms with Crippen LogP contribution in [0.1, 0.15) is 31.9 Å². The first-order valence-electron chi connectivity index (χ1n) is 10.8. The number of rotatable bonds is 7. The van der Waals surface area contributed by atoms with Gasteiger partial charge in [-0.3, -0.25) is 9.89 Å². The first-order chi connectivity index (χ1) is 15.7. The number of nitrogens with one attached hydrogen (secondary N) is 1. The summed E-state index contributed by atoms with van der Waals surface area (Å²) < 4.78 is 12.9. The molecule has 172 valence electrons. The molecule has 1 N–H and O–H groups in total. The third kappa shape index (κ3) is 5.22. The molecule has 0 saturated carbocycles. The normalized spacial score (nSPS) is 11.7. The summed E-state index contributed by atoms with van der Waals surface area (Å²) in [5, 5.41) is 3.42. The van der Waals surface area contributed by atoms with Gasteiger partial charge in [-0.1, -0.05) is 62.9 Å². The van der Waals surface area contributed by atoms with Crippen molar-refractivity contribution < 1.29 is 9.47 Å². The zero-order chi connectivity index (χ0) is 23.6. The molecule has 0 radical (unpaired) electrons. The molecule has 0 aliphatic carbocycles. The van der Waals surface area contributed by atoms with Gasteiger partial charge < -0.3 is 9.47 Å². The molecule has 0 fully saturated rings. The van der Waals surface area contributed by atoms with E-state index < -0.39 is 0 Å². The molecule has 0 spiro atoms. The Morgan fingerprint density at radius 3 is 2.48 bits per heavy atom. The molecule has 8 heteroatoms. The molecule has 33 heavy (non-hydrogen) atoms. The molecule has 2 aromatic heterocycles. The van der Waals surface area contributed by atoms with Gasteiger partial charge in [-0.2, -0.15) is 0 Å². The van der Waals surface area contributed by atoms with E-state index in [1.165, 1.54) is 23.4 Å². The van der Waals surface area contributed by atoms with Gasteiger partial charge in [-0.05, 0) is 35.6 Å². The number of thioether (sulfide) groups is 1. The number of aromatic amines is 1. The summed E-state index contributed by atoms with van der Waals surface area (Å²) >= 11 is 1.49. The lowest BCUT2D eigenvalue weighted by Crippen LogP contribution is -2.10. The van der Waals surface area contributed by atoms with Crippen molar-refractivity contribution in [1.29, 1.82) is 0 Å². The predicted molar refractivity (Wildman–Crippen MR) is 132 cm³/mol. The summed E-state index contributed by atoms with van der Waals surface area (Å²) in [5.74, 6) is 2.62. The third-order valence-electron chi connectivity index (χ3n) is 5.22. The standard InChI is InChI=1S/C25H28N4O3S/c1-16-6-11-19(20(14-16)31-5)32-12-13-33-24-27-23(26-21-15-22(30)28-29(21)24)17-7-9-18(10-8-17)25(2,3)4/h6-11,14-15H,12-13H2,1-5H3,(H,28,30). The van der Waals surface area contributed by atoms with Crippen LogP contribution >= 0.6 is 11.8 Å². The molecule has 0 bridgehead atoms. The van der Waals surface area contributed by atoms with Crippen molar-refractivity contribution in [3.63, 3.8) is 0 Å². The number of nitrogens with zero attached hydrogens (tertiary/aromatic N) is 3. The molecule has 4 rings (SSSR count). The summed E-state index contributed by atoms with van der Waals surface area (Å²) in [7, 11) is 1.63. The van der Waals surface area contributed by atoms with Crippen molar-refractivity contribution in [1.82, 2.24) is 19.6 Å². The second-order valence-corrected chi connectivity index (χ2v) is 9.88. The van der Waals surface area contributed by atoms with Crippen molar-refractivity contribution in [3.8, 4) is 22.9 Å². The number of hydrogen-bond donors (Lipinski definition) is 1. The summed E-state index contributed by atoms with van der Waals surface area (Å²) in [6.45, 7) is 9.00. The van der Waals surface area contributed by atoms with E-state index in [1.54, 1.807) is 11.6 Å². The fourth-order valence-electron chi connectivity index (χ4n) is 3.41. The van der Waals surface area contributed by atoms with E-state index in [0.717, 1.165) is 11.1 Å². The van der Waals surface area contributed by atoms with E-state index in [4.69, 9.17) is 14.5 Å². The molecule has 2 heterocycles. The highest BCUT2D eigenvalue weighted by Crippen LogP contribution is 2.29. The van der Waals surface area contributed by atoms with Crippen LogP contribution in [0, 0.1) is 6.92 Å². The minimum atomic E-state index is -0.216. The molecular weight excluding hydrogens is 436 g/mol. The van der Waals surface area contributed by atoms with Gasteiger partial charge in [0.05, 0.1) is 13.7 Å². The number of hydrogen-bond acceptors (Lipinski definition) is 6. The van der Waals surface area contributed by atoms with Crippen molar-refractivity contribution in [2.24, 2.45) is 0 Å². The largest absolute Gasteiger partial charge is 0.493 e. The first-order valence-corrected chi connectivity index (χ1v) is 11.7. The predicted octanol–water partition coefficient (Wildman–Crippen LogP) is 4.87. The number of benzene rings is 2. The molecular formula is C25H28N4O3S. The number of H-pyrrole nitrogens is 1. The molecule has 0 aliphatic rings. The highest BCUT2D eigenvalue weighted by molar-refractivity contribution is 7.99. The second kappa shape index (κ2) is 9.31. The third-order valence-corrected chi connectivity index (χ3v) is 6.13. The fourth-order valence-corrected chi connectivity index (χ4v) is 4.18. The maximum absolute atomic E-state index is 12.0. The van der Waals surface area contributed by atoms with Gasteiger partial charge >= 0.3 is 0 Å². The lowest BCUT2D eigenvalue weighted by molar-refractivity contribution is 0.313. The van der Waals surface area contributed by atoms with Crippen molar-refractivity contribution in [2.45, 2.75) is 38.3 Å². The molecule has 0 atom stereocenters. The van der Waals surface area contributed by atoms with E-state index in [-0.39, 0.29) is 11.0 Å². The number of aryl methyl sites for hydroxylation is 1. The van der Waals surface area contributed by atoms with Gasteiger partial charge in [-0.25, -0.2) is 14.5 Å². The van der Waals surface area contributed by atoms with Crippen LogP contribution in [0.3, 0.4) is 0 Å². The molecule has 0 aliphatic heterocycles. The molecule has 4 aromatic rings. The Morgan fingerprint density at radius 2 is 1.79 bits per heavy atom. The average Bonchev–Trinajstić information content (AvgIpc) is 3.17. The summed E-state index contributed by atoms with van der Waals surface area (Å²) in [6.07, 6.45) is 0. The van der Waals surface area contributed by atoms with Crippen LogP contribution in [-0.2, 0) is 5.41 Å². The minimum Gasteiger partial charge on any atom is -0.493 e. The number of fused-ring (bicyclic) bond motifs is 1. The Bertz CT molecular complexity index is 1320. The number of methoxy groups -OCH3 is 1. The van der Waals surface area contributed by atoms with Gasteiger partial charge in [0.15, 0.2) is 28.1 Å². The topological polar surface area (TPSA) is 81.5 Å². The Kier molecular flexibility index (Phi) is 6.47. The smallest absolute Gasteiger partial charge is 0.266 e. The van der Waals surface area contributed by atoms with E-state index in [2.05, 4.69) is 43.0 Å². The van der Waals surface area contributed by atoms with Gasteiger partial charge in [0.2, 0.25) is 0 Å². The van der Waals surface area contributed by atoms with Crippen LogP contribution in [0.15, 0.2) is 58.5 Å². The van der Waals surface area contributed by atoms with Crippen LogP contribution in [0.4, 0.5) is 0 Å². The summed E-state index contributed by atoms with van der Waals surface area (Å²) in [6, 6.07) is 15.6. The van der Waals surface area contributed by atoms with E-state index in [1.807, 2.05) is 37.3 Å². The minimum absolute atomic E-state index is 0.0679. The highest BCUT2D eigenvalue weighted by atomic mass is 32.2. The van der Waals surface area contributed by atoms with Crippen molar-refractivity contribution >= 4 is 17.4 Å². The van der Waals surface area contributed by atoms with Crippen LogP contribution in [0.5, 0.6) is 11.5 Å². The summed E-state index contributed by atoms with van der Waals surface area (Å²) in [5.41, 5.74) is 3.64. The molecule has 7 nitrogen and oxygen atoms in total. The Hall–Kier alpha value is -3.26. The molecule has 0 unspecified atom stereocenters. The lowest BCUT2D eigenvalue weighted by atomic mass is 9.87. The summed E-state index contributed by atoms with van der Waals surface area (Å²) in [4.78, 5) is 21.3. The van der Waals surface area contributed by atoms with E-state index >= 15 is 0 Å². The van der Waals surface area contributed by atoms with Gasteiger partial charge in [-0.15, -0.1) is 0 Å². The Morgan fingerprint density at radius 1 is 1.03 bits per heavy atom. The van der Waals surface area contributed by atoms with Crippen molar-refractivity contribution in [3.05, 3.63) is 70.0 Å². The van der Waals surface area contributed by atoms with Gasteiger partial charge in [0, 0.05) is 17.4 Å². The first kappa shape index (κ1) is 22.9. The number of aromatic nitrogens is 4. The monoisotopic (exact) mass is 464 g/mol. The second-order valence-electron chi connectivity index (χ2n) is 8.82. The van der Waals surface area contributed by atoms with Crippen LogP contribution < -0.4 is 15.0 Å².